The topological polar surface area (TPSA) is 79.5 Å². The molecule has 0 bridgehead atoms. The molecule has 38 heavy (non-hydrogen) atoms. The fraction of sp³-hybridized carbons (Fsp3) is 0.219. The minimum atomic E-state index is -0.235. The van der Waals surface area contributed by atoms with E-state index in [-0.39, 0.29) is 29.2 Å². The molecule has 1 aromatic heterocycles. The van der Waals surface area contributed by atoms with Crippen LogP contribution >= 0.6 is 0 Å². The third-order valence-corrected chi connectivity index (χ3v) is 7.24. The van der Waals surface area contributed by atoms with Crippen LogP contribution in [0, 0.1) is 6.92 Å². The molecule has 0 fully saturated rings. The summed E-state index contributed by atoms with van der Waals surface area (Å²) in [4.78, 5) is 35.7. The monoisotopic (exact) mass is 504 g/mol. The number of carbonyl (C=O) groups excluding carboxylic acids is 2. The van der Waals surface area contributed by atoms with Crippen LogP contribution in [0.5, 0.6) is 0 Å². The Morgan fingerprint density at radius 2 is 1.61 bits per heavy atom. The number of nitrogens with two attached hydrogens (primary N) is 1. The quantitative estimate of drug-likeness (QED) is 0.342. The Hall–Kier alpha value is -4.29. The molecule has 0 spiro atoms. The van der Waals surface area contributed by atoms with E-state index in [0.717, 1.165) is 40.8 Å². The highest BCUT2D eigenvalue weighted by Crippen LogP contribution is 2.36. The number of hydrogen-bond donors (Lipinski definition) is 1. The molecule has 1 aliphatic rings. The van der Waals surface area contributed by atoms with Gasteiger partial charge in [-0.1, -0.05) is 72.3 Å². The Morgan fingerprint density at radius 3 is 2.34 bits per heavy atom. The molecule has 0 radical (unpaired) electrons. The van der Waals surface area contributed by atoms with Crippen LogP contribution in [0.15, 0.2) is 84.9 Å². The van der Waals surface area contributed by atoms with E-state index in [1.54, 1.807) is 23.1 Å². The van der Waals surface area contributed by atoms with Gasteiger partial charge in [-0.05, 0) is 68.8 Å². The van der Waals surface area contributed by atoms with Gasteiger partial charge in [-0.25, -0.2) is 4.98 Å². The van der Waals surface area contributed by atoms with Crippen molar-refractivity contribution in [2.75, 3.05) is 31.3 Å². The van der Waals surface area contributed by atoms with E-state index >= 15 is 0 Å². The molecule has 6 nitrogen and oxygen atoms in total. The minimum Gasteiger partial charge on any atom is -0.383 e. The van der Waals surface area contributed by atoms with Gasteiger partial charge in [-0.2, -0.15) is 0 Å². The lowest BCUT2D eigenvalue weighted by Gasteiger charge is -2.27. The Labute approximate surface area is 223 Å². The maximum Gasteiger partial charge on any atom is 0.262 e. The van der Waals surface area contributed by atoms with E-state index in [2.05, 4.69) is 30.0 Å². The van der Waals surface area contributed by atoms with Crippen LogP contribution in [0.25, 0.3) is 11.1 Å². The Kier molecular flexibility index (Phi) is 7.07. The highest BCUT2D eigenvalue weighted by molar-refractivity contribution is 6.13. The Morgan fingerprint density at radius 1 is 0.895 bits per heavy atom. The molecule has 2 heterocycles. The van der Waals surface area contributed by atoms with Crippen LogP contribution in [0.3, 0.4) is 0 Å². The molecule has 0 aliphatic carbocycles. The smallest absolute Gasteiger partial charge is 0.262 e. The summed E-state index contributed by atoms with van der Waals surface area (Å²) in [6.45, 7) is 2.62. The number of carbonyl (C=O) groups is 2. The van der Waals surface area contributed by atoms with E-state index in [4.69, 9.17) is 5.73 Å². The number of nitrogen functional groups attached to an aromatic ring is 1. The first-order chi connectivity index (χ1) is 18.3. The lowest BCUT2D eigenvalue weighted by molar-refractivity contribution is 0.0984. The molecule has 5 rings (SSSR count). The average Bonchev–Trinajstić information content (AvgIpc) is 3.13. The lowest BCUT2D eigenvalue weighted by atomic mass is 9.95. The van der Waals surface area contributed by atoms with E-state index in [0.29, 0.717) is 17.7 Å². The van der Waals surface area contributed by atoms with Crippen LogP contribution in [0.1, 0.15) is 56.4 Å². The lowest BCUT2D eigenvalue weighted by Crippen LogP contribution is -2.32. The number of rotatable bonds is 5. The fourth-order valence-corrected chi connectivity index (χ4v) is 5.21. The van der Waals surface area contributed by atoms with Crippen molar-refractivity contribution in [1.82, 2.24) is 9.88 Å². The third kappa shape index (κ3) is 4.83. The number of aromatic nitrogens is 1. The summed E-state index contributed by atoms with van der Waals surface area (Å²) in [7, 11) is 4.13. The van der Waals surface area contributed by atoms with Gasteiger partial charge in [-0.15, -0.1) is 0 Å². The summed E-state index contributed by atoms with van der Waals surface area (Å²) in [6.07, 6.45) is 1.82. The number of benzene rings is 3. The van der Waals surface area contributed by atoms with Gasteiger partial charge in [0.25, 0.3) is 5.91 Å². The molecule has 0 saturated carbocycles. The Balaban J connectivity index is 1.46. The zero-order valence-corrected chi connectivity index (χ0v) is 22.0. The number of pyridine rings is 1. The van der Waals surface area contributed by atoms with Crippen molar-refractivity contribution in [3.8, 4) is 11.1 Å². The molecular formula is C32H32N4O2. The predicted octanol–water partition coefficient (Wildman–Crippen LogP) is 5.91. The molecule has 4 aromatic rings. The maximum absolute atomic E-state index is 13.7. The molecule has 0 saturated heterocycles. The second-order valence-corrected chi connectivity index (χ2v) is 10.0. The zero-order valence-electron chi connectivity index (χ0n) is 22.0. The fourth-order valence-electron chi connectivity index (χ4n) is 5.21. The summed E-state index contributed by atoms with van der Waals surface area (Å²) in [5, 5.41) is 0. The highest BCUT2D eigenvalue weighted by atomic mass is 16.2. The molecule has 1 aliphatic heterocycles. The summed E-state index contributed by atoms with van der Waals surface area (Å²) in [5.41, 5.74) is 12.3. The van der Waals surface area contributed by atoms with E-state index < -0.39 is 0 Å². The third-order valence-electron chi connectivity index (χ3n) is 7.24. The molecule has 6 heteroatoms. The number of ketones is 1. The van der Waals surface area contributed by atoms with E-state index in [9.17, 15) is 9.59 Å². The Bertz CT molecular complexity index is 1490. The van der Waals surface area contributed by atoms with Gasteiger partial charge in [0, 0.05) is 23.8 Å². The van der Waals surface area contributed by atoms with Gasteiger partial charge >= 0.3 is 0 Å². The molecule has 2 N–H and O–H groups in total. The molecular weight excluding hydrogens is 472 g/mol. The van der Waals surface area contributed by atoms with Gasteiger partial charge in [0.05, 0.1) is 5.56 Å². The first kappa shape index (κ1) is 25.4. The van der Waals surface area contributed by atoms with E-state index in [1.807, 2.05) is 67.6 Å². The molecule has 1 atom stereocenters. The summed E-state index contributed by atoms with van der Waals surface area (Å²) in [6, 6.07) is 27.0. The summed E-state index contributed by atoms with van der Waals surface area (Å²) in [5.74, 6) is -0.388. The van der Waals surface area contributed by atoms with Crippen molar-refractivity contribution in [3.05, 3.63) is 113 Å². The number of aryl methyl sites for hydroxylation is 1. The van der Waals surface area contributed by atoms with Crippen molar-refractivity contribution < 1.29 is 9.59 Å². The maximum atomic E-state index is 13.7. The standard InChI is InChI=1S/C32H32N4O2/c1-21-14-16-22(17-15-21)23-9-4-5-10-24(23)30(37)27-19-18-26(31(33)34-27)32(38)36-20-8-13-28(35(2)3)25-11-6-7-12-29(25)36/h4-7,9-12,14-19,28H,8,13,20H2,1-3H3,(H2,33,34). The second-order valence-electron chi connectivity index (χ2n) is 10.0. The predicted molar refractivity (Wildman–Crippen MR) is 152 cm³/mol. The molecule has 1 unspecified atom stereocenters. The van der Waals surface area contributed by atoms with Crippen molar-refractivity contribution in [2.24, 2.45) is 0 Å². The number of fused-ring (bicyclic) bond motifs is 1. The van der Waals surface area contributed by atoms with Crippen LogP contribution in [0.4, 0.5) is 11.5 Å². The average molecular weight is 505 g/mol. The van der Waals surface area contributed by atoms with Crippen molar-refractivity contribution in [2.45, 2.75) is 25.8 Å². The van der Waals surface area contributed by atoms with Crippen LogP contribution in [-0.4, -0.2) is 42.2 Å². The van der Waals surface area contributed by atoms with Crippen molar-refractivity contribution in [1.29, 1.82) is 0 Å². The second kappa shape index (κ2) is 10.6. The number of para-hydroxylation sites is 1. The van der Waals surface area contributed by atoms with Crippen molar-refractivity contribution >= 4 is 23.2 Å². The van der Waals surface area contributed by atoms with Crippen LogP contribution in [0.2, 0.25) is 0 Å². The van der Waals surface area contributed by atoms with E-state index in [1.165, 1.54) is 0 Å². The zero-order chi connectivity index (χ0) is 26.8. The summed E-state index contributed by atoms with van der Waals surface area (Å²) >= 11 is 0. The summed E-state index contributed by atoms with van der Waals surface area (Å²) < 4.78 is 0. The normalized spacial score (nSPS) is 15.2. The van der Waals surface area contributed by atoms with Gasteiger partial charge < -0.3 is 15.5 Å². The SMILES string of the molecule is Cc1ccc(-c2ccccc2C(=O)c2ccc(C(=O)N3CCCC(N(C)C)c4ccccc43)c(N)n2)cc1. The number of amides is 1. The van der Waals surface area contributed by atoms with Gasteiger partial charge in [0.15, 0.2) is 0 Å². The highest BCUT2D eigenvalue weighted by Gasteiger charge is 2.29. The minimum absolute atomic E-state index is 0.0551. The first-order valence-corrected chi connectivity index (χ1v) is 12.9. The van der Waals surface area contributed by atoms with Crippen LogP contribution in [-0.2, 0) is 0 Å². The molecule has 192 valence electrons. The van der Waals surface area contributed by atoms with Crippen molar-refractivity contribution in [3.63, 3.8) is 0 Å². The first-order valence-electron chi connectivity index (χ1n) is 12.9. The largest absolute Gasteiger partial charge is 0.383 e. The number of anilines is 2. The van der Waals surface area contributed by atoms with Crippen LogP contribution < -0.4 is 10.6 Å². The molecule has 1 amide bonds. The molecule has 3 aromatic carbocycles. The number of nitrogens with zero attached hydrogens (tertiary/aromatic N) is 3. The van der Waals surface area contributed by atoms with Gasteiger partial charge in [0.1, 0.15) is 11.5 Å². The number of hydrogen-bond acceptors (Lipinski definition) is 5. The van der Waals surface area contributed by atoms with Gasteiger partial charge in [0.2, 0.25) is 5.78 Å². The van der Waals surface area contributed by atoms with Gasteiger partial charge in [-0.3, -0.25) is 9.59 Å².